The summed E-state index contributed by atoms with van der Waals surface area (Å²) < 4.78 is 5.49. The maximum absolute atomic E-state index is 11.4. The zero-order valence-electron chi connectivity index (χ0n) is 9.69. The molecule has 92 valence electrons. The molecule has 2 rings (SSSR count). The predicted molar refractivity (Wildman–Crippen MR) is 63.4 cm³/mol. The summed E-state index contributed by atoms with van der Waals surface area (Å²) in [5, 5.41) is 12.1. The van der Waals surface area contributed by atoms with E-state index in [2.05, 4.69) is 5.32 Å². The molecule has 0 bridgehead atoms. The minimum absolute atomic E-state index is 0.559. The van der Waals surface area contributed by atoms with Crippen LogP contribution in [-0.4, -0.2) is 30.8 Å². The number of hydrogen-bond donors (Lipinski definition) is 2. The molecule has 1 aromatic carbocycles. The van der Waals surface area contributed by atoms with Crippen molar-refractivity contribution in [2.45, 2.75) is 18.4 Å². The van der Waals surface area contributed by atoms with Gasteiger partial charge in [-0.2, -0.15) is 0 Å². The fourth-order valence-corrected chi connectivity index (χ4v) is 2.27. The second-order valence-corrected chi connectivity index (χ2v) is 4.24. The molecule has 1 fully saturated rings. The van der Waals surface area contributed by atoms with Gasteiger partial charge in [-0.3, -0.25) is 0 Å². The Labute approximate surface area is 101 Å². The highest BCUT2D eigenvalue weighted by Gasteiger charge is 2.37. The van der Waals surface area contributed by atoms with E-state index in [1.807, 2.05) is 30.3 Å². The Morgan fingerprint density at radius 2 is 1.94 bits per heavy atom. The number of rotatable bonds is 3. The predicted octanol–water partition coefficient (Wildman–Crippen LogP) is 0.801. The molecule has 4 nitrogen and oxygen atoms in total. The summed E-state index contributed by atoms with van der Waals surface area (Å²) >= 11 is 0. The molecule has 0 spiro atoms. The third-order valence-corrected chi connectivity index (χ3v) is 3.15. The van der Waals surface area contributed by atoms with Crippen LogP contribution in [0.1, 0.15) is 18.4 Å². The maximum Gasteiger partial charge on any atom is 0.332 e. The Morgan fingerprint density at radius 1 is 1.29 bits per heavy atom. The lowest BCUT2D eigenvalue weighted by molar-refractivity contribution is -0.167. The standard InChI is InChI=1S/C13H17NO3/c15-10-12(16)17-13(6-8-14-9-7-13)11-4-2-1-3-5-11/h1-5,14-15H,6-10H2. The Bertz CT molecular complexity index is 372. The van der Waals surface area contributed by atoms with Crippen LogP contribution in [0.15, 0.2) is 30.3 Å². The van der Waals surface area contributed by atoms with Crippen LogP contribution in [-0.2, 0) is 15.1 Å². The quantitative estimate of drug-likeness (QED) is 0.761. The van der Waals surface area contributed by atoms with Gasteiger partial charge in [0.15, 0.2) is 0 Å². The molecule has 2 N–H and O–H groups in total. The molecule has 1 aliphatic rings. The minimum atomic E-state index is -0.577. The number of nitrogens with one attached hydrogen (secondary N) is 1. The van der Waals surface area contributed by atoms with Gasteiger partial charge in [-0.25, -0.2) is 4.79 Å². The molecule has 1 heterocycles. The molecule has 0 unspecified atom stereocenters. The largest absolute Gasteiger partial charge is 0.452 e. The van der Waals surface area contributed by atoms with E-state index in [1.54, 1.807) is 0 Å². The van der Waals surface area contributed by atoms with Crippen molar-refractivity contribution in [2.75, 3.05) is 19.7 Å². The summed E-state index contributed by atoms with van der Waals surface area (Å²) in [5.74, 6) is -0.559. The number of esters is 1. The van der Waals surface area contributed by atoms with Crippen LogP contribution in [0.5, 0.6) is 0 Å². The van der Waals surface area contributed by atoms with Crippen molar-refractivity contribution < 1.29 is 14.6 Å². The van der Waals surface area contributed by atoms with Gasteiger partial charge in [0.2, 0.25) is 0 Å². The van der Waals surface area contributed by atoms with Crippen molar-refractivity contribution in [1.29, 1.82) is 0 Å². The zero-order valence-corrected chi connectivity index (χ0v) is 9.69. The van der Waals surface area contributed by atoms with Gasteiger partial charge in [0.25, 0.3) is 0 Å². The second-order valence-electron chi connectivity index (χ2n) is 4.24. The molecule has 0 atom stereocenters. The van der Waals surface area contributed by atoms with Crippen LogP contribution in [0.2, 0.25) is 0 Å². The normalized spacial score (nSPS) is 18.6. The van der Waals surface area contributed by atoms with Crippen molar-refractivity contribution in [3.05, 3.63) is 35.9 Å². The van der Waals surface area contributed by atoms with E-state index in [1.165, 1.54) is 0 Å². The number of hydrogen-bond acceptors (Lipinski definition) is 4. The smallest absolute Gasteiger partial charge is 0.332 e. The first-order chi connectivity index (χ1) is 8.27. The third kappa shape index (κ3) is 2.65. The fraction of sp³-hybridized carbons (Fsp3) is 0.462. The van der Waals surface area contributed by atoms with Crippen LogP contribution < -0.4 is 5.32 Å². The number of benzene rings is 1. The van der Waals surface area contributed by atoms with Gasteiger partial charge in [0, 0.05) is 12.8 Å². The van der Waals surface area contributed by atoms with Crippen LogP contribution in [0, 0.1) is 0 Å². The highest BCUT2D eigenvalue weighted by molar-refractivity contribution is 5.71. The third-order valence-electron chi connectivity index (χ3n) is 3.15. The van der Waals surface area contributed by atoms with Crippen LogP contribution in [0.3, 0.4) is 0 Å². The fourth-order valence-electron chi connectivity index (χ4n) is 2.27. The molecule has 1 aromatic rings. The topological polar surface area (TPSA) is 58.6 Å². The lowest BCUT2D eigenvalue weighted by Gasteiger charge is -2.37. The van der Waals surface area contributed by atoms with E-state index in [0.717, 1.165) is 31.5 Å². The van der Waals surface area contributed by atoms with Gasteiger partial charge in [0.1, 0.15) is 12.2 Å². The highest BCUT2D eigenvalue weighted by Crippen LogP contribution is 2.34. The SMILES string of the molecule is O=C(CO)OC1(c2ccccc2)CCNCC1. The highest BCUT2D eigenvalue weighted by atomic mass is 16.6. The Morgan fingerprint density at radius 3 is 2.53 bits per heavy atom. The first-order valence-electron chi connectivity index (χ1n) is 5.86. The maximum atomic E-state index is 11.4. The van der Waals surface area contributed by atoms with Crippen molar-refractivity contribution >= 4 is 5.97 Å². The molecule has 1 saturated heterocycles. The van der Waals surface area contributed by atoms with Crippen molar-refractivity contribution in [1.82, 2.24) is 5.32 Å². The number of aliphatic hydroxyl groups is 1. The molecule has 1 aliphatic heterocycles. The van der Waals surface area contributed by atoms with E-state index in [4.69, 9.17) is 9.84 Å². The van der Waals surface area contributed by atoms with E-state index in [0.29, 0.717) is 0 Å². The molecule has 0 aromatic heterocycles. The van der Waals surface area contributed by atoms with Gasteiger partial charge in [-0.1, -0.05) is 30.3 Å². The first kappa shape index (κ1) is 12.1. The monoisotopic (exact) mass is 235 g/mol. The van der Waals surface area contributed by atoms with Crippen molar-refractivity contribution in [2.24, 2.45) is 0 Å². The number of aliphatic hydroxyl groups excluding tert-OH is 1. The molecule has 0 amide bonds. The van der Waals surface area contributed by atoms with Gasteiger partial charge in [-0.05, 0) is 18.7 Å². The van der Waals surface area contributed by atoms with Crippen molar-refractivity contribution in [3.8, 4) is 0 Å². The number of carbonyl (C=O) groups excluding carboxylic acids is 1. The van der Waals surface area contributed by atoms with Gasteiger partial charge >= 0.3 is 5.97 Å². The molecule has 0 radical (unpaired) electrons. The van der Waals surface area contributed by atoms with Crippen LogP contribution >= 0.6 is 0 Å². The summed E-state index contributed by atoms with van der Waals surface area (Å²) in [6, 6.07) is 9.75. The average molecular weight is 235 g/mol. The lowest BCUT2D eigenvalue weighted by Crippen LogP contribution is -2.43. The minimum Gasteiger partial charge on any atom is -0.452 e. The summed E-state index contributed by atoms with van der Waals surface area (Å²) in [4.78, 5) is 11.4. The van der Waals surface area contributed by atoms with Gasteiger partial charge < -0.3 is 15.2 Å². The van der Waals surface area contributed by atoms with Crippen molar-refractivity contribution in [3.63, 3.8) is 0 Å². The van der Waals surface area contributed by atoms with E-state index < -0.39 is 18.2 Å². The molecule has 17 heavy (non-hydrogen) atoms. The average Bonchev–Trinajstić information content (AvgIpc) is 2.40. The Hall–Kier alpha value is -1.39. The van der Waals surface area contributed by atoms with E-state index in [-0.39, 0.29) is 0 Å². The zero-order chi connectivity index (χ0) is 12.1. The number of ether oxygens (including phenoxy) is 1. The van der Waals surface area contributed by atoms with Gasteiger partial charge in [-0.15, -0.1) is 0 Å². The van der Waals surface area contributed by atoms with Gasteiger partial charge in [0.05, 0.1) is 0 Å². The summed E-state index contributed by atoms with van der Waals surface area (Å²) in [6.07, 6.45) is 1.48. The molecular formula is C13H17NO3. The number of piperidine rings is 1. The summed E-state index contributed by atoms with van der Waals surface area (Å²) in [7, 11) is 0. The van der Waals surface area contributed by atoms with Crippen LogP contribution in [0.25, 0.3) is 0 Å². The molecule has 0 aliphatic carbocycles. The summed E-state index contributed by atoms with van der Waals surface area (Å²) in [6.45, 7) is 1.06. The molecule has 0 saturated carbocycles. The Balaban J connectivity index is 2.26. The number of carbonyl (C=O) groups is 1. The summed E-state index contributed by atoms with van der Waals surface area (Å²) in [5.41, 5.74) is 0.426. The van der Waals surface area contributed by atoms with E-state index >= 15 is 0 Å². The molecule has 4 heteroatoms. The lowest BCUT2D eigenvalue weighted by atomic mass is 9.85. The first-order valence-corrected chi connectivity index (χ1v) is 5.86. The van der Waals surface area contributed by atoms with Crippen LogP contribution in [0.4, 0.5) is 0 Å². The van der Waals surface area contributed by atoms with E-state index in [9.17, 15) is 4.79 Å². The second kappa shape index (κ2) is 5.29. The molecular weight excluding hydrogens is 218 g/mol. The Kier molecular flexibility index (Phi) is 3.76.